The molecule has 0 N–H and O–H groups in total. The van der Waals surface area contributed by atoms with Gasteiger partial charge >= 0.3 is 0 Å². The highest BCUT2D eigenvalue weighted by Gasteiger charge is 2.16. The van der Waals surface area contributed by atoms with Crippen molar-refractivity contribution in [2.75, 3.05) is 13.1 Å². The summed E-state index contributed by atoms with van der Waals surface area (Å²) in [6, 6.07) is 0. The second-order valence-electron chi connectivity index (χ2n) is 7.78. The number of likely N-dealkylation sites (tertiary alicyclic amines) is 1. The molecular formula is C24H43NO. The van der Waals surface area contributed by atoms with Gasteiger partial charge in [0, 0.05) is 19.5 Å². The van der Waals surface area contributed by atoms with Gasteiger partial charge in [-0.05, 0) is 51.4 Å². The Hall–Kier alpha value is -1.05. The molecule has 2 heteroatoms. The van der Waals surface area contributed by atoms with E-state index in [1.807, 2.05) is 0 Å². The molecule has 1 aliphatic heterocycles. The van der Waals surface area contributed by atoms with Crippen molar-refractivity contribution in [1.29, 1.82) is 0 Å². The topological polar surface area (TPSA) is 20.3 Å². The van der Waals surface area contributed by atoms with Crippen LogP contribution in [0.3, 0.4) is 0 Å². The molecule has 0 radical (unpaired) electrons. The van der Waals surface area contributed by atoms with Gasteiger partial charge in [0.2, 0.25) is 5.91 Å². The maximum atomic E-state index is 11.9. The molecule has 0 aromatic heterocycles. The number of hydrogen-bond donors (Lipinski definition) is 0. The third kappa shape index (κ3) is 13.2. The van der Waals surface area contributed by atoms with Crippen molar-refractivity contribution in [3.05, 3.63) is 24.3 Å². The quantitative estimate of drug-likeness (QED) is 0.210. The highest BCUT2D eigenvalue weighted by Crippen LogP contribution is 2.13. The zero-order chi connectivity index (χ0) is 18.7. The van der Waals surface area contributed by atoms with E-state index in [0.29, 0.717) is 5.91 Å². The number of carbonyl (C=O) groups excluding carboxylic acids is 1. The largest absolute Gasteiger partial charge is 0.343 e. The molecule has 26 heavy (non-hydrogen) atoms. The number of unbranched alkanes of at least 4 members (excludes halogenated alkanes) is 10. The van der Waals surface area contributed by atoms with Crippen LogP contribution in [0.5, 0.6) is 0 Å². The summed E-state index contributed by atoms with van der Waals surface area (Å²) in [6.45, 7) is 4.26. The summed E-state index contributed by atoms with van der Waals surface area (Å²) >= 11 is 0. The van der Waals surface area contributed by atoms with Gasteiger partial charge in [0.1, 0.15) is 0 Å². The molecule has 0 spiro atoms. The minimum absolute atomic E-state index is 0.394. The van der Waals surface area contributed by atoms with Crippen LogP contribution in [0.4, 0.5) is 0 Å². The van der Waals surface area contributed by atoms with E-state index in [9.17, 15) is 4.79 Å². The predicted octanol–water partition coefficient (Wildman–Crippen LogP) is 7.20. The second kappa shape index (κ2) is 17.4. The molecule has 0 aliphatic carbocycles. The Morgan fingerprint density at radius 1 is 0.731 bits per heavy atom. The van der Waals surface area contributed by atoms with Gasteiger partial charge in [0.05, 0.1) is 0 Å². The fourth-order valence-corrected chi connectivity index (χ4v) is 3.57. The maximum absolute atomic E-state index is 11.9. The van der Waals surface area contributed by atoms with E-state index in [4.69, 9.17) is 0 Å². The average Bonchev–Trinajstić information content (AvgIpc) is 3.19. The molecule has 1 amide bonds. The molecular weight excluding hydrogens is 318 g/mol. The molecule has 1 saturated heterocycles. The summed E-state index contributed by atoms with van der Waals surface area (Å²) in [5, 5.41) is 0. The molecule has 0 bridgehead atoms. The minimum atomic E-state index is 0.394. The van der Waals surface area contributed by atoms with Crippen molar-refractivity contribution in [3.63, 3.8) is 0 Å². The lowest BCUT2D eigenvalue weighted by Gasteiger charge is -2.14. The molecule has 1 heterocycles. The number of nitrogens with zero attached hydrogens (tertiary/aromatic N) is 1. The van der Waals surface area contributed by atoms with Crippen LogP contribution in [-0.2, 0) is 4.79 Å². The molecule has 1 fully saturated rings. The van der Waals surface area contributed by atoms with Crippen LogP contribution in [-0.4, -0.2) is 23.9 Å². The van der Waals surface area contributed by atoms with E-state index in [1.165, 1.54) is 83.5 Å². The molecule has 0 aromatic rings. The third-order valence-electron chi connectivity index (χ3n) is 5.30. The number of rotatable bonds is 16. The first kappa shape index (κ1) is 23.0. The van der Waals surface area contributed by atoms with E-state index < -0.39 is 0 Å². The molecule has 0 atom stereocenters. The Morgan fingerprint density at radius 3 is 1.88 bits per heavy atom. The number of hydrogen-bond acceptors (Lipinski definition) is 1. The van der Waals surface area contributed by atoms with Crippen LogP contribution < -0.4 is 0 Å². The van der Waals surface area contributed by atoms with Gasteiger partial charge < -0.3 is 4.90 Å². The summed E-state index contributed by atoms with van der Waals surface area (Å²) < 4.78 is 0. The SMILES string of the molecule is CCCCCC=CCC=CCCCCCCCCCC(=O)N1CCCC1. The number of amides is 1. The van der Waals surface area contributed by atoms with Crippen LogP contribution >= 0.6 is 0 Å². The van der Waals surface area contributed by atoms with Gasteiger partial charge in [0.25, 0.3) is 0 Å². The van der Waals surface area contributed by atoms with Gasteiger partial charge in [0.15, 0.2) is 0 Å². The van der Waals surface area contributed by atoms with Crippen LogP contribution in [0.25, 0.3) is 0 Å². The summed E-state index contributed by atoms with van der Waals surface area (Å²) in [5.41, 5.74) is 0. The first-order valence-corrected chi connectivity index (χ1v) is 11.4. The van der Waals surface area contributed by atoms with E-state index in [0.717, 1.165) is 32.4 Å². The molecule has 1 rings (SSSR count). The Morgan fingerprint density at radius 2 is 1.27 bits per heavy atom. The summed E-state index contributed by atoms with van der Waals surface area (Å²) in [7, 11) is 0. The van der Waals surface area contributed by atoms with E-state index >= 15 is 0 Å². The van der Waals surface area contributed by atoms with Crippen molar-refractivity contribution in [3.8, 4) is 0 Å². The van der Waals surface area contributed by atoms with Crippen LogP contribution in [0.1, 0.15) is 110 Å². The molecule has 0 unspecified atom stereocenters. The first-order chi connectivity index (χ1) is 12.8. The van der Waals surface area contributed by atoms with Crippen molar-refractivity contribution in [2.24, 2.45) is 0 Å². The van der Waals surface area contributed by atoms with Gasteiger partial charge in [-0.3, -0.25) is 4.79 Å². The first-order valence-electron chi connectivity index (χ1n) is 11.4. The lowest BCUT2D eigenvalue weighted by Crippen LogP contribution is -2.27. The zero-order valence-electron chi connectivity index (χ0n) is 17.4. The molecule has 150 valence electrons. The van der Waals surface area contributed by atoms with Crippen LogP contribution in [0.15, 0.2) is 24.3 Å². The van der Waals surface area contributed by atoms with Crippen molar-refractivity contribution >= 4 is 5.91 Å². The van der Waals surface area contributed by atoms with E-state index in [1.54, 1.807) is 0 Å². The smallest absolute Gasteiger partial charge is 0.222 e. The van der Waals surface area contributed by atoms with Crippen LogP contribution in [0.2, 0.25) is 0 Å². The second-order valence-corrected chi connectivity index (χ2v) is 7.78. The highest BCUT2D eigenvalue weighted by molar-refractivity contribution is 5.76. The lowest BCUT2D eigenvalue weighted by atomic mass is 10.1. The average molecular weight is 362 g/mol. The lowest BCUT2D eigenvalue weighted by molar-refractivity contribution is -0.130. The standard InChI is InChI=1S/C24H43NO/c1-2-3-4-5-6-7-8-9-10-11-12-13-14-15-16-17-18-21-24(26)25-22-19-20-23-25/h6-7,9-10H,2-5,8,11-23H2,1H3. The Labute approximate surface area is 163 Å². The Balaban J connectivity index is 1.77. The van der Waals surface area contributed by atoms with Gasteiger partial charge in [-0.1, -0.05) is 76.2 Å². The van der Waals surface area contributed by atoms with Gasteiger partial charge in [-0.25, -0.2) is 0 Å². The Bertz CT molecular complexity index is 380. The molecule has 2 nitrogen and oxygen atoms in total. The van der Waals surface area contributed by atoms with E-state index in [2.05, 4.69) is 36.1 Å². The van der Waals surface area contributed by atoms with Crippen LogP contribution in [0, 0.1) is 0 Å². The maximum Gasteiger partial charge on any atom is 0.222 e. The molecule has 1 aliphatic rings. The van der Waals surface area contributed by atoms with E-state index in [-0.39, 0.29) is 0 Å². The number of allylic oxidation sites excluding steroid dienone is 4. The molecule has 0 saturated carbocycles. The third-order valence-corrected chi connectivity index (χ3v) is 5.30. The van der Waals surface area contributed by atoms with Gasteiger partial charge in [-0.2, -0.15) is 0 Å². The summed E-state index contributed by atoms with van der Waals surface area (Å²) in [5.74, 6) is 0.394. The monoisotopic (exact) mass is 361 g/mol. The molecule has 0 aromatic carbocycles. The van der Waals surface area contributed by atoms with Crippen molar-refractivity contribution in [2.45, 2.75) is 110 Å². The van der Waals surface area contributed by atoms with Gasteiger partial charge in [-0.15, -0.1) is 0 Å². The normalized spacial score (nSPS) is 14.9. The summed E-state index contributed by atoms with van der Waals surface area (Å²) in [6.07, 6.45) is 29.0. The number of carbonyl (C=O) groups is 1. The zero-order valence-corrected chi connectivity index (χ0v) is 17.4. The fraction of sp³-hybridized carbons (Fsp3) is 0.792. The summed E-state index contributed by atoms with van der Waals surface area (Å²) in [4.78, 5) is 14.0. The highest BCUT2D eigenvalue weighted by atomic mass is 16.2. The van der Waals surface area contributed by atoms with Crippen molar-refractivity contribution < 1.29 is 4.79 Å². The minimum Gasteiger partial charge on any atom is -0.343 e. The Kier molecular flexibility index (Phi) is 15.4. The predicted molar refractivity (Wildman–Crippen MR) is 114 cm³/mol. The fourth-order valence-electron chi connectivity index (χ4n) is 3.57. The van der Waals surface area contributed by atoms with Crippen molar-refractivity contribution in [1.82, 2.24) is 4.90 Å².